The van der Waals surface area contributed by atoms with Crippen LogP contribution in [-0.4, -0.2) is 13.1 Å². The Bertz CT molecular complexity index is 375. The Balaban J connectivity index is 0.00000256. The van der Waals surface area contributed by atoms with Gasteiger partial charge in [-0.25, -0.2) is 0 Å². The van der Waals surface area contributed by atoms with E-state index < -0.39 is 5.41 Å². The summed E-state index contributed by atoms with van der Waals surface area (Å²) in [5.74, 6) is -0.211. The topological polar surface area (TPSA) is 61.3 Å². The third-order valence-corrected chi connectivity index (χ3v) is 3.25. The van der Waals surface area contributed by atoms with Crippen molar-refractivity contribution in [2.75, 3.05) is 7.11 Å². The van der Waals surface area contributed by atoms with Crippen LogP contribution in [0.1, 0.15) is 25.3 Å². The summed E-state index contributed by atoms with van der Waals surface area (Å²) in [6, 6.07) is 9.91. The number of benzene rings is 1. The highest BCUT2D eigenvalue weighted by molar-refractivity contribution is 5.79. The molecule has 1 aromatic carbocycles. The Labute approximate surface area is 103 Å². The van der Waals surface area contributed by atoms with E-state index in [0.717, 1.165) is 5.56 Å². The molecule has 0 spiro atoms. The molecule has 1 rings (SSSR count). The van der Waals surface area contributed by atoms with Crippen molar-refractivity contribution in [1.82, 2.24) is 6.15 Å². The van der Waals surface area contributed by atoms with Crippen molar-refractivity contribution in [1.29, 1.82) is 0 Å². The highest BCUT2D eigenvalue weighted by atomic mass is 16.5. The van der Waals surface area contributed by atoms with Gasteiger partial charge in [0.05, 0.1) is 12.5 Å². The summed E-state index contributed by atoms with van der Waals surface area (Å²) in [4.78, 5) is 11.8. The molecule has 2 atom stereocenters. The minimum Gasteiger partial charge on any atom is -0.468 e. The van der Waals surface area contributed by atoms with Gasteiger partial charge in [0.2, 0.25) is 0 Å². The summed E-state index contributed by atoms with van der Waals surface area (Å²) >= 11 is 0. The third kappa shape index (κ3) is 2.94. The minimum atomic E-state index is -0.684. The molecular formula is C14H21NO2. The zero-order valence-electron chi connectivity index (χ0n) is 10.8. The zero-order valence-corrected chi connectivity index (χ0v) is 10.8. The van der Waals surface area contributed by atoms with Gasteiger partial charge in [-0.3, -0.25) is 4.79 Å². The monoisotopic (exact) mass is 235 g/mol. The van der Waals surface area contributed by atoms with Gasteiger partial charge in [-0.15, -0.1) is 6.58 Å². The molecule has 1 aromatic rings. The quantitative estimate of drug-likeness (QED) is 0.643. The van der Waals surface area contributed by atoms with Gasteiger partial charge < -0.3 is 10.9 Å². The van der Waals surface area contributed by atoms with Crippen molar-refractivity contribution in [2.45, 2.75) is 19.8 Å². The predicted octanol–water partition coefficient (Wildman–Crippen LogP) is 3.32. The van der Waals surface area contributed by atoms with Crippen molar-refractivity contribution in [3.63, 3.8) is 0 Å². The molecule has 0 amide bonds. The first-order valence-electron chi connectivity index (χ1n) is 5.33. The van der Waals surface area contributed by atoms with Crippen LogP contribution in [0.25, 0.3) is 0 Å². The van der Waals surface area contributed by atoms with E-state index in [1.165, 1.54) is 7.11 Å². The first-order valence-corrected chi connectivity index (χ1v) is 5.33. The van der Waals surface area contributed by atoms with Crippen LogP contribution in [0.2, 0.25) is 0 Å². The van der Waals surface area contributed by atoms with Crippen molar-refractivity contribution >= 4 is 5.97 Å². The van der Waals surface area contributed by atoms with E-state index in [2.05, 4.69) is 6.58 Å². The maximum absolute atomic E-state index is 11.8. The number of ether oxygens (including phenoxy) is 1. The van der Waals surface area contributed by atoms with Crippen LogP contribution >= 0.6 is 0 Å². The molecule has 0 aromatic heterocycles. The van der Waals surface area contributed by atoms with E-state index in [0.29, 0.717) is 0 Å². The number of hydrogen-bond donors (Lipinski definition) is 1. The molecule has 3 nitrogen and oxygen atoms in total. The summed E-state index contributed by atoms with van der Waals surface area (Å²) in [5, 5.41) is 0. The van der Waals surface area contributed by atoms with Crippen LogP contribution < -0.4 is 6.15 Å². The van der Waals surface area contributed by atoms with Gasteiger partial charge >= 0.3 is 5.97 Å². The Kier molecular flexibility index (Phi) is 5.62. The summed E-state index contributed by atoms with van der Waals surface area (Å²) < 4.78 is 4.84. The molecule has 0 saturated carbocycles. The second-order valence-electron chi connectivity index (χ2n) is 4.11. The van der Waals surface area contributed by atoms with Crippen molar-refractivity contribution in [3.05, 3.63) is 48.6 Å². The largest absolute Gasteiger partial charge is 0.468 e. The molecule has 0 bridgehead atoms. The molecule has 2 unspecified atom stereocenters. The fourth-order valence-electron chi connectivity index (χ4n) is 1.74. The van der Waals surface area contributed by atoms with E-state index in [1.807, 2.05) is 44.2 Å². The fourth-order valence-corrected chi connectivity index (χ4v) is 1.74. The summed E-state index contributed by atoms with van der Waals surface area (Å²) in [6.45, 7) is 7.61. The standard InChI is InChI=1S/C14H18O2.H3N/c1-5-14(3,13(15)16-4)11(2)12-9-7-6-8-10-12;/h5-11H,1H2,2-4H3;1H3. The number of methoxy groups -OCH3 is 1. The highest BCUT2D eigenvalue weighted by Crippen LogP contribution is 2.37. The number of hydrogen-bond acceptors (Lipinski definition) is 3. The van der Waals surface area contributed by atoms with E-state index in [-0.39, 0.29) is 18.0 Å². The molecule has 17 heavy (non-hydrogen) atoms. The van der Waals surface area contributed by atoms with Crippen LogP contribution in [0, 0.1) is 5.41 Å². The Morgan fingerprint density at radius 1 is 1.41 bits per heavy atom. The lowest BCUT2D eigenvalue weighted by molar-refractivity contribution is -0.149. The van der Waals surface area contributed by atoms with E-state index >= 15 is 0 Å². The normalized spacial score (nSPS) is 15.0. The molecule has 3 N–H and O–H groups in total. The van der Waals surface area contributed by atoms with Gasteiger partial charge in [-0.2, -0.15) is 0 Å². The lowest BCUT2D eigenvalue weighted by atomic mass is 9.74. The van der Waals surface area contributed by atoms with Crippen molar-refractivity contribution < 1.29 is 9.53 Å². The predicted molar refractivity (Wildman–Crippen MR) is 70.2 cm³/mol. The van der Waals surface area contributed by atoms with Crippen LogP contribution in [0.15, 0.2) is 43.0 Å². The van der Waals surface area contributed by atoms with Crippen molar-refractivity contribution in [3.8, 4) is 0 Å². The molecule has 0 aliphatic heterocycles. The Hall–Kier alpha value is -1.61. The van der Waals surface area contributed by atoms with E-state index in [1.54, 1.807) is 6.08 Å². The summed E-state index contributed by atoms with van der Waals surface area (Å²) in [6.07, 6.45) is 1.66. The maximum Gasteiger partial charge on any atom is 0.315 e. The van der Waals surface area contributed by atoms with Crippen LogP contribution in [0.3, 0.4) is 0 Å². The Morgan fingerprint density at radius 3 is 2.35 bits per heavy atom. The average molecular weight is 235 g/mol. The van der Waals surface area contributed by atoms with Gasteiger partial charge in [0, 0.05) is 5.92 Å². The summed E-state index contributed by atoms with van der Waals surface area (Å²) in [5.41, 5.74) is 0.422. The van der Waals surface area contributed by atoms with Crippen molar-refractivity contribution in [2.24, 2.45) is 5.41 Å². The second kappa shape index (κ2) is 6.21. The first kappa shape index (κ1) is 15.4. The number of carbonyl (C=O) groups excluding carboxylic acids is 1. The first-order chi connectivity index (χ1) is 7.56. The van der Waals surface area contributed by atoms with Gasteiger partial charge in [-0.05, 0) is 12.5 Å². The molecule has 3 heteroatoms. The maximum atomic E-state index is 11.8. The smallest absolute Gasteiger partial charge is 0.315 e. The summed E-state index contributed by atoms with van der Waals surface area (Å²) in [7, 11) is 1.40. The molecule has 0 radical (unpaired) electrons. The third-order valence-electron chi connectivity index (χ3n) is 3.25. The molecule has 0 saturated heterocycles. The van der Waals surface area contributed by atoms with Gasteiger partial charge in [0.15, 0.2) is 0 Å². The second-order valence-corrected chi connectivity index (χ2v) is 4.11. The van der Waals surface area contributed by atoms with Crippen LogP contribution in [0.4, 0.5) is 0 Å². The van der Waals surface area contributed by atoms with Crippen LogP contribution in [0.5, 0.6) is 0 Å². The molecule has 0 aliphatic carbocycles. The SMILES string of the molecule is C=CC(C)(C(=O)OC)C(C)c1ccccc1.N. The molecule has 0 fully saturated rings. The average Bonchev–Trinajstić information content (AvgIpc) is 2.36. The lowest BCUT2D eigenvalue weighted by Gasteiger charge is -2.30. The van der Waals surface area contributed by atoms with E-state index in [9.17, 15) is 4.79 Å². The van der Waals surface area contributed by atoms with Gasteiger partial charge in [-0.1, -0.05) is 43.3 Å². The molecule has 0 heterocycles. The molecule has 0 aliphatic rings. The number of rotatable bonds is 4. The van der Waals surface area contributed by atoms with E-state index in [4.69, 9.17) is 4.74 Å². The van der Waals surface area contributed by atoms with Gasteiger partial charge in [0.25, 0.3) is 0 Å². The molecule has 94 valence electrons. The zero-order chi connectivity index (χ0) is 12.2. The number of esters is 1. The molecular weight excluding hydrogens is 214 g/mol. The Morgan fingerprint density at radius 2 is 1.94 bits per heavy atom. The van der Waals surface area contributed by atoms with Gasteiger partial charge in [0.1, 0.15) is 0 Å². The van der Waals surface area contributed by atoms with Crippen LogP contribution in [-0.2, 0) is 9.53 Å². The lowest BCUT2D eigenvalue weighted by Crippen LogP contribution is -2.32. The number of carbonyl (C=O) groups is 1. The fraction of sp³-hybridized carbons (Fsp3) is 0.357. The minimum absolute atomic E-state index is 0. The highest BCUT2D eigenvalue weighted by Gasteiger charge is 2.37.